The van der Waals surface area contributed by atoms with Crippen LogP contribution in [0.4, 0.5) is 0 Å². The molecule has 0 radical (unpaired) electrons. The van der Waals surface area contributed by atoms with Crippen molar-refractivity contribution in [2.45, 2.75) is 18.3 Å². The maximum absolute atomic E-state index is 14.3. The molecule has 106 heavy (non-hydrogen) atoms. The predicted octanol–water partition coefficient (Wildman–Crippen LogP) is 15.7. The van der Waals surface area contributed by atoms with Crippen LogP contribution in [0, 0.1) is 22.7 Å². The molecule has 16 rings (SSSR count). The number of nitrogens with zero attached hydrogens (tertiary/aromatic N) is 10. The monoisotopic (exact) mass is 1470 g/mol. The lowest BCUT2D eigenvalue weighted by Crippen LogP contribution is -2.30. The highest BCUT2D eigenvalue weighted by atomic mass is 35.5. The van der Waals surface area contributed by atoms with Gasteiger partial charge >= 0.3 is 11.9 Å². The van der Waals surface area contributed by atoms with Crippen molar-refractivity contribution in [3.63, 3.8) is 0 Å². The van der Waals surface area contributed by atoms with E-state index in [0.29, 0.717) is 60.9 Å². The van der Waals surface area contributed by atoms with Crippen LogP contribution in [0.3, 0.4) is 0 Å². The summed E-state index contributed by atoms with van der Waals surface area (Å²) in [6, 6.07) is 70.7. The number of fused-ring (bicyclic) bond motifs is 5. The van der Waals surface area contributed by atoms with Crippen LogP contribution in [-0.4, -0.2) is 87.7 Å². The maximum atomic E-state index is 14.3. The molecule has 0 saturated heterocycles. The average molecular weight is 1470 g/mol. The molecule has 0 saturated carbocycles. The molecule has 2 aliphatic rings. The molecule has 22 heteroatoms. The highest BCUT2D eigenvalue weighted by Gasteiger charge is 2.38. The Morgan fingerprint density at radius 2 is 0.821 bits per heavy atom. The molecule has 14 aromatic rings. The van der Waals surface area contributed by atoms with E-state index < -0.39 is 48.0 Å². The van der Waals surface area contributed by atoms with Crippen LogP contribution in [-0.2, 0) is 0 Å². The van der Waals surface area contributed by atoms with E-state index in [1.165, 1.54) is 67.8 Å². The van der Waals surface area contributed by atoms with Crippen LogP contribution < -0.4 is 20.2 Å². The number of nitriles is 2. The summed E-state index contributed by atoms with van der Waals surface area (Å²) in [7, 11) is 2.83. The molecule has 0 aliphatic carbocycles. The molecule has 10 aromatic carbocycles. The van der Waals surface area contributed by atoms with Crippen molar-refractivity contribution >= 4 is 120 Å². The van der Waals surface area contributed by atoms with E-state index in [2.05, 4.69) is 21.3 Å². The first-order valence-electron chi connectivity index (χ1n) is 33.0. The molecule has 4 aromatic heterocycles. The molecular formula is C84H50Cl4N10O8. The lowest BCUT2D eigenvalue weighted by molar-refractivity contribution is 0.0301. The second-order valence-corrected chi connectivity index (χ2v) is 26.8. The van der Waals surface area contributed by atoms with Crippen molar-refractivity contribution < 1.29 is 38.6 Å². The van der Waals surface area contributed by atoms with Gasteiger partial charge in [0.15, 0.2) is 6.23 Å². The summed E-state index contributed by atoms with van der Waals surface area (Å²) in [6.45, 7) is 0. The molecular weight excluding hydrogens is 1420 g/mol. The number of carbonyl (C=O) groups excluding carboxylic acids is 5. The summed E-state index contributed by atoms with van der Waals surface area (Å²) in [5, 5.41) is 38.1. The molecule has 0 fully saturated rings. The molecule has 1 N–H and O–H groups in total. The minimum absolute atomic E-state index is 0.00612. The highest BCUT2D eigenvalue weighted by molar-refractivity contribution is 6.43. The van der Waals surface area contributed by atoms with Crippen LogP contribution in [0.1, 0.15) is 109 Å². The van der Waals surface area contributed by atoms with E-state index in [9.17, 15) is 39.6 Å². The van der Waals surface area contributed by atoms with Crippen LogP contribution >= 0.6 is 46.4 Å². The maximum Gasteiger partial charge on any atom is 0.343 e. The fourth-order valence-corrected chi connectivity index (χ4v) is 14.6. The Kier molecular flexibility index (Phi) is 17.4. The van der Waals surface area contributed by atoms with Crippen molar-refractivity contribution in [1.82, 2.24) is 38.9 Å². The Hall–Kier alpha value is -12.9. The van der Waals surface area contributed by atoms with Gasteiger partial charge in [0, 0.05) is 36.0 Å². The molecule has 3 amide bonds. The fraction of sp³-hybridized carbons (Fsp3) is 0.0595. The number of hydrogen-bond acceptors (Lipinski definition) is 14. The smallest absolute Gasteiger partial charge is 0.343 e. The van der Waals surface area contributed by atoms with Gasteiger partial charge in [-0.05, 0) is 137 Å². The third-order valence-electron chi connectivity index (χ3n) is 19.0. The van der Waals surface area contributed by atoms with E-state index in [1.54, 1.807) is 72.8 Å². The van der Waals surface area contributed by atoms with E-state index in [4.69, 9.17) is 75.8 Å². The predicted molar refractivity (Wildman–Crippen MR) is 402 cm³/mol. The first kappa shape index (κ1) is 67.6. The standard InChI is InChI=1S/C84H50Cl4N10O8/c1-95-79(99)55-33-27-51(35-57(55)81(95)101)83(103)105-53-29-23-49(24-30-53)75-71-72(78(60(42-90)70-44-92-66-38-62(86)64(88)40-68(66)94-70)97(75)73(45-15-7-3-8-16-45)46-17-9-4-10-18-46)76(50-25-31-54(32-26-50)106-84(104)52-28-34-56-58(36-52)82(102)96(2)80(56)100)98(74(47-19-11-5-12-20-47)48-21-13-6-14-22-48)77(71)59(41-89)69-43-91-65-37-61(85)63(87)39-67(65)93-69/h3-40,43-44,73-74,79,99H,1-2H3/b77-59-,78-60-. The zero-order chi connectivity index (χ0) is 73.3. The molecule has 6 heterocycles. The number of benzene rings is 10. The second kappa shape index (κ2) is 27.4. The number of aliphatic hydroxyl groups excluding tert-OH is 1. The number of imide groups is 1. The summed E-state index contributed by atoms with van der Waals surface area (Å²) in [5.41, 5.74) is 7.06. The van der Waals surface area contributed by atoms with Crippen LogP contribution in [0.2, 0.25) is 20.1 Å². The number of halogens is 4. The van der Waals surface area contributed by atoms with Gasteiger partial charge in [0.05, 0.1) is 111 Å². The zero-order valence-corrected chi connectivity index (χ0v) is 58.6. The number of rotatable bonds is 14. The van der Waals surface area contributed by atoms with Gasteiger partial charge in [0.25, 0.3) is 17.7 Å². The quantitative estimate of drug-likeness (QED) is 0.0605. The zero-order valence-electron chi connectivity index (χ0n) is 55.6. The lowest BCUT2D eigenvalue weighted by atomic mass is 9.96. The minimum Gasteiger partial charge on any atom is -0.423 e. The molecule has 512 valence electrons. The van der Waals surface area contributed by atoms with Gasteiger partial charge in [-0.1, -0.05) is 174 Å². The first-order chi connectivity index (χ1) is 51.5. The molecule has 1 unspecified atom stereocenters. The van der Waals surface area contributed by atoms with Gasteiger partial charge in [-0.25, -0.2) is 19.6 Å². The average Bonchev–Trinajstić information content (AvgIpc) is 1.52. The Morgan fingerprint density at radius 1 is 0.453 bits per heavy atom. The van der Waals surface area contributed by atoms with Crippen molar-refractivity contribution in [3.05, 3.63) is 341 Å². The number of amides is 3. The van der Waals surface area contributed by atoms with Gasteiger partial charge in [0.2, 0.25) is 0 Å². The number of ether oxygens (including phenoxy) is 2. The van der Waals surface area contributed by atoms with Crippen molar-refractivity contribution in [3.8, 4) is 46.2 Å². The summed E-state index contributed by atoms with van der Waals surface area (Å²) in [4.78, 5) is 90.4. The van der Waals surface area contributed by atoms with Crippen LogP contribution in [0.15, 0.2) is 243 Å². The Morgan fingerprint density at radius 3 is 1.22 bits per heavy atom. The normalized spacial score (nSPS) is 13.9. The topological polar surface area (TPSA) is 240 Å². The summed E-state index contributed by atoms with van der Waals surface area (Å²) in [6.07, 6.45) is 1.79. The molecule has 18 nitrogen and oxygen atoms in total. The number of esters is 2. The summed E-state index contributed by atoms with van der Waals surface area (Å²) in [5.74, 6) is -2.96. The highest BCUT2D eigenvalue weighted by Crippen LogP contribution is 2.44. The van der Waals surface area contributed by atoms with E-state index in [-0.39, 0.29) is 92.6 Å². The molecule has 2 aliphatic heterocycles. The SMILES string of the molecule is CN1C(=O)c2ccc(C(=O)Oc3ccc(-c4c5/c(=C(\C#N)c6cnc7cc(Cl)c(Cl)cc7n6)n(C(c6ccccc6)c6ccccc6)c(-c6ccc(OC(=O)c7ccc8c(c7)C(=O)N(C)C8O)cc6)c5/c(=C(\C#N)c5cnc6cc(Cl)c(Cl)cc6n5)n4C(c4ccccc4)c4ccccc4)cc3)cc2C1=O. The Bertz CT molecular complexity index is 6080. The lowest BCUT2D eigenvalue weighted by Gasteiger charge is -2.27. The fourth-order valence-electron chi connectivity index (χ4n) is 14.0. The molecule has 0 spiro atoms. The van der Waals surface area contributed by atoms with Gasteiger partial charge in [-0.15, -0.1) is 0 Å². The number of carbonyl (C=O) groups is 5. The van der Waals surface area contributed by atoms with Crippen molar-refractivity contribution in [2.24, 2.45) is 0 Å². The summed E-state index contributed by atoms with van der Waals surface area (Å²) < 4.78 is 16.4. The number of aromatic nitrogens is 6. The van der Waals surface area contributed by atoms with Crippen molar-refractivity contribution in [2.75, 3.05) is 14.1 Å². The Balaban J connectivity index is 1.08. The van der Waals surface area contributed by atoms with E-state index in [1.807, 2.05) is 121 Å². The van der Waals surface area contributed by atoms with Gasteiger partial charge in [-0.3, -0.25) is 29.3 Å². The third kappa shape index (κ3) is 11.7. The van der Waals surface area contributed by atoms with Gasteiger partial charge < -0.3 is 28.6 Å². The minimum atomic E-state index is -1.19. The largest absolute Gasteiger partial charge is 0.423 e. The van der Waals surface area contributed by atoms with Crippen LogP contribution in [0.25, 0.3) is 66.5 Å². The van der Waals surface area contributed by atoms with Crippen LogP contribution in [0.5, 0.6) is 11.5 Å². The summed E-state index contributed by atoms with van der Waals surface area (Å²) >= 11 is 26.8. The van der Waals surface area contributed by atoms with Crippen molar-refractivity contribution in [1.29, 1.82) is 10.5 Å². The van der Waals surface area contributed by atoms with Gasteiger partial charge in [0.1, 0.15) is 46.2 Å². The number of aliphatic hydroxyl groups is 1. The van der Waals surface area contributed by atoms with E-state index >= 15 is 0 Å². The molecule has 0 bridgehead atoms. The number of hydrogen-bond donors (Lipinski definition) is 1. The third-order valence-corrected chi connectivity index (χ3v) is 20.4. The Labute approximate surface area is 623 Å². The van der Waals surface area contributed by atoms with E-state index in [0.717, 1.165) is 27.2 Å². The second-order valence-electron chi connectivity index (χ2n) is 25.2. The first-order valence-corrected chi connectivity index (χ1v) is 34.5. The van der Waals surface area contributed by atoms with Gasteiger partial charge in [-0.2, -0.15) is 10.5 Å². The molecule has 1 atom stereocenters.